The first-order valence-electron chi connectivity index (χ1n) is 6.62. The largest absolute Gasteiger partial charge is 0.492 e. The highest BCUT2D eigenvalue weighted by Gasteiger charge is 2.34. The lowest BCUT2D eigenvalue weighted by Gasteiger charge is -2.36. The van der Waals surface area contributed by atoms with Gasteiger partial charge in [0.1, 0.15) is 5.75 Å². The smallest absolute Gasteiger partial charge is 0.319 e. The van der Waals surface area contributed by atoms with Crippen molar-refractivity contribution in [2.75, 3.05) is 18.5 Å². The minimum Gasteiger partial charge on any atom is -0.492 e. The first kappa shape index (κ1) is 13.7. The van der Waals surface area contributed by atoms with E-state index in [1.54, 1.807) is 12.1 Å². The summed E-state index contributed by atoms with van der Waals surface area (Å²) in [6, 6.07) is 6.94. The molecule has 0 atom stereocenters. The van der Waals surface area contributed by atoms with E-state index in [0.717, 1.165) is 19.3 Å². The van der Waals surface area contributed by atoms with Crippen LogP contribution >= 0.6 is 0 Å². The van der Waals surface area contributed by atoms with Crippen LogP contribution in [-0.2, 0) is 0 Å². The Kier molecular flexibility index (Phi) is 4.27. The van der Waals surface area contributed by atoms with Crippen LogP contribution in [0.3, 0.4) is 0 Å². The van der Waals surface area contributed by atoms with Crippen LogP contribution in [0.4, 0.5) is 10.5 Å². The molecule has 0 radical (unpaired) electrons. The molecule has 0 aliphatic heterocycles. The van der Waals surface area contributed by atoms with Crippen LogP contribution in [0.15, 0.2) is 24.3 Å². The van der Waals surface area contributed by atoms with Gasteiger partial charge < -0.3 is 20.5 Å². The summed E-state index contributed by atoms with van der Waals surface area (Å²) in [5.74, 6) is 0.641. The molecule has 2 amide bonds. The predicted octanol–water partition coefficient (Wildman–Crippen LogP) is 2.12. The molecule has 1 saturated carbocycles. The van der Waals surface area contributed by atoms with Gasteiger partial charge >= 0.3 is 6.03 Å². The molecule has 2 rings (SSSR count). The van der Waals surface area contributed by atoms with Crippen molar-refractivity contribution in [1.82, 2.24) is 5.32 Å². The van der Waals surface area contributed by atoms with E-state index >= 15 is 0 Å². The molecule has 1 aromatic rings. The van der Waals surface area contributed by atoms with Crippen LogP contribution in [0.2, 0.25) is 0 Å². The molecule has 104 valence electrons. The van der Waals surface area contributed by atoms with Crippen LogP contribution in [0, 0.1) is 0 Å². The van der Waals surface area contributed by atoms with Crippen LogP contribution in [0.25, 0.3) is 0 Å². The number of aliphatic hydroxyl groups is 1. The third-order valence-electron chi connectivity index (χ3n) is 3.30. The summed E-state index contributed by atoms with van der Waals surface area (Å²) in [4.78, 5) is 11.8. The summed E-state index contributed by atoms with van der Waals surface area (Å²) in [5, 5.41) is 15.3. The minimum atomic E-state index is -0.712. The van der Waals surface area contributed by atoms with Crippen LogP contribution in [0.5, 0.6) is 5.75 Å². The normalized spacial score (nSPS) is 16.3. The average molecular weight is 264 g/mol. The second-order valence-corrected chi connectivity index (χ2v) is 4.81. The number of anilines is 1. The van der Waals surface area contributed by atoms with Crippen molar-refractivity contribution in [3.8, 4) is 5.75 Å². The Hall–Kier alpha value is -1.75. The molecule has 19 heavy (non-hydrogen) atoms. The van der Waals surface area contributed by atoms with Crippen molar-refractivity contribution in [3.05, 3.63) is 24.3 Å². The van der Waals surface area contributed by atoms with Crippen molar-refractivity contribution >= 4 is 11.7 Å². The number of urea groups is 1. The van der Waals surface area contributed by atoms with E-state index in [2.05, 4.69) is 10.6 Å². The molecule has 0 saturated heterocycles. The maximum atomic E-state index is 11.8. The van der Waals surface area contributed by atoms with E-state index in [0.29, 0.717) is 18.0 Å². The average Bonchev–Trinajstić information content (AvgIpc) is 2.37. The topological polar surface area (TPSA) is 70.6 Å². The molecule has 0 unspecified atom stereocenters. The third-order valence-corrected chi connectivity index (χ3v) is 3.30. The second kappa shape index (κ2) is 5.93. The molecule has 1 aliphatic carbocycles. The standard InChI is InChI=1S/C14H20N2O3/c1-2-19-12-7-4-3-6-11(12)16-13(17)15-10-14(18)8-5-9-14/h3-4,6-7,18H,2,5,8-10H2,1H3,(H2,15,16,17). The first-order chi connectivity index (χ1) is 9.13. The predicted molar refractivity (Wildman–Crippen MR) is 73.4 cm³/mol. The van der Waals surface area contributed by atoms with E-state index in [-0.39, 0.29) is 12.6 Å². The fraction of sp³-hybridized carbons (Fsp3) is 0.500. The SMILES string of the molecule is CCOc1ccccc1NC(=O)NCC1(O)CCC1. The van der Waals surface area contributed by atoms with Gasteiger partial charge in [0.15, 0.2) is 0 Å². The van der Waals surface area contributed by atoms with Crippen molar-refractivity contribution in [2.24, 2.45) is 0 Å². The van der Waals surface area contributed by atoms with Crippen molar-refractivity contribution in [2.45, 2.75) is 31.8 Å². The van der Waals surface area contributed by atoms with Gasteiger partial charge in [0.25, 0.3) is 0 Å². The van der Waals surface area contributed by atoms with Gasteiger partial charge in [-0.05, 0) is 38.3 Å². The molecule has 0 heterocycles. The number of carbonyl (C=O) groups excluding carboxylic acids is 1. The van der Waals surface area contributed by atoms with E-state index in [1.807, 2.05) is 19.1 Å². The summed E-state index contributed by atoms with van der Waals surface area (Å²) in [5.41, 5.74) is -0.0843. The third kappa shape index (κ3) is 3.61. The van der Waals surface area contributed by atoms with Crippen molar-refractivity contribution < 1.29 is 14.6 Å². The number of carbonyl (C=O) groups is 1. The fourth-order valence-electron chi connectivity index (χ4n) is 2.02. The molecular weight excluding hydrogens is 244 g/mol. The summed E-state index contributed by atoms with van der Waals surface area (Å²) in [7, 11) is 0. The number of nitrogens with one attached hydrogen (secondary N) is 2. The number of benzene rings is 1. The molecule has 1 fully saturated rings. The zero-order valence-corrected chi connectivity index (χ0v) is 11.1. The number of hydrogen-bond donors (Lipinski definition) is 3. The van der Waals surface area contributed by atoms with Gasteiger partial charge in [0, 0.05) is 6.54 Å². The highest BCUT2D eigenvalue weighted by Crippen LogP contribution is 2.30. The van der Waals surface area contributed by atoms with Gasteiger partial charge in [0.2, 0.25) is 0 Å². The zero-order chi connectivity index (χ0) is 13.7. The van der Waals surface area contributed by atoms with Gasteiger partial charge in [-0.15, -0.1) is 0 Å². The second-order valence-electron chi connectivity index (χ2n) is 4.81. The Morgan fingerprint density at radius 2 is 2.16 bits per heavy atom. The van der Waals surface area contributed by atoms with E-state index in [9.17, 15) is 9.90 Å². The lowest BCUT2D eigenvalue weighted by atomic mass is 9.80. The first-order valence-corrected chi connectivity index (χ1v) is 6.62. The van der Waals surface area contributed by atoms with Crippen molar-refractivity contribution in [1.29, 1.82) is 0 Å². The molecular formula is C14H20N2O3. The number of hydrogen-bond acceptors (Lipinski definition) is 3. The number of amides is 2. The molecule has 0 aromatic heterocycles. The number of rotatable bonds is 5. The van der Waals surface area contributed by atoms with E-state index in [4.69, 9.17) is 4.74 Å². The monoisotopic (exact) mass is 264 g/mol. The van der Waals surface area contributed by atoms with E-state index in [1.165, 1.54) is 0 Å². The van der Waals surface area contributed by atoms with Gasteiger partial charge in [-0.2, -0.15) is 0 Å². The Morgan fingerprint density at radius 3 is 2.79 bits per heavy atom. The van der Waals surface area contributed by atoms with Gasteiger partial charge in [-0.3, -0.25) is 0 Å². The Balaban J connectivity index is 1.87. The van der Waals surface area contributed by atoms with Gasteiger partial charge in [-0.25, -0.2) is 4.79 Å². The minimum absolute atomic E-state index is 0.287. The van der Waals surface area contributed by atoms with Gasteiger partial charge in [-0.1, -0.05) is 12.1 Å². The van der Waals surface area contributed by atoms with Crippen LogP contribution in [0.1, 0.15) is 26.2 Å². The molecule has 5 nitrogen and oxygen atoms in total. The maximum absolute atomic E-state index is 11.8. The lowest BCUT2D eigenvalue weighted by molar-refractivity contribution is -0.0287. The molecule has 5 heteroatoms. The van der Waals surface area contributed by atoms with Crippen molar-refractivity contribution in [3.63, 3.8) is 0 Å². The molecule has 0 spiro atoms. The quantitative estimate of drug-likeness (QED) is 0.763. The molecule has 3 N–H and O–H groups in total. The van der Waals surface area contributed by atoms with Crippen LogP contribution in [-0.4, -0.2) is 29.9 Å². The highest BCUT2D eigenvalue weighted by atomic mass is 16.5. The van der Waals surface area contributed by atoms with E-state index < -0.39 is 5.60 Å². The lowest BCUT2D eigenvalue weighted by Crippen LogP contribution is -2.48. The number of ether oxygens (including phenoxy) is 1. The van der Waals surface area contributed by atoms with Gasteiger partial charge in [0.05, 0.1) is 17.9 Å². The Morgan fingerprint density at radius 1 is 1.42 bits per heavy atom. The zero-order valence-electron chi connectivity index (χ0n) is 11.1. The Bertz CT molecular complexity index is 444. The Labute approximate surface area is 113 Å². The molecule has 1 aromatic carbocycles. The summed E-state index contributed by atoms with van der Waals surface area (Å²) in [6.45, 7) is 2.72. The summed E-state index contributed by atoms with van der Waals surface area (Å²) < 4.78 is 5.42. The fourth-order valence-corrected chi connectivity index (χ4v) is 2.02. The van der Waals surface area contributed by atoms with Crippen LogP contribution < -0.4 is 15.4 Å². The summed E-state index contributed by atoms with van der Waals surface area (Å²) in [6.07, 6.45) is 2.53. The number of para-hydroxylation sites is 2. The maximum Gasteiger partial charge on any atom is 0.319 e. The summed E-state index contributed by atoms with van der Waals surface area (Å²) >= 11 is 0. The molecule has 1 aliphatic rings. The molecule has 0 bridgehead atoms. The highest BCUT2D eigenvalue weighted by molar-refractivity contribution is 5.90.